The fraction of sp³-hybridized carbons (Fsp3) is 0.0588. The van der Waals surface area contributed by atoms with Crippen molar-refractivity contribution in [3.05, 3.63) is 53.4 Å². The fourth-order valence-electron chi connectivity index (χ4n) is 2.32. The minimum Gasteiger partial charge on any atom is -0.497 e. The summed E-state index contributed by atoms with van der Waals surface area (Å²) < 4.78 is 6.00. The van der Waals surface area contributed by atoms with E-state index in [2.05, 4.69) is 10.6 Å². The topological polar surface area (TPSA) is 93.4 Å². The second-order valence-corrected chi connectivity index (χ2v) is 6.03. The van der Waals surface area contributed by atoms with Crippen LogP contribution < -0.4 is 21.1 Å². The number of benzene rings is 2. The summed E-state index contributed by atoms with van der Waals surface area (Å²) in [4.78, 5) is 24.3. The highest BCUT2D eigenvalue weighted by atomic mass is 32.1. The zero-order valence-electron chi connectivity index (χ0n) is 12.8. The Morgan fingerprint density at radius 2 is 1.88 bits per heavy atom. The predicted octanol–water partition coefficient (Wildman–Crippen LogP) is 3.65. The Labute approximate surface area is 142 Å². The summed E-state index contributed by atoms with van der Waals surface area (Å²) in [6, 6.07) is 13.9. The summed E-state index contributed by atoms with van der Waals surface area (Å²) in [5, 5.41) is 6.20. The molecule has 1 aromatic heterocycles. The van der Waals surface area contributed by atoms with Gasteiger partial charge in [-0.2, -0.15) is 0 Å². The molecule has 122 valence electrons. The molecule has 0 saturated heterocycles. The molecule has 0 atom stereocenters. The van der Waals surface area contributed by atoms with Gasteiger partial charge in [0, 0.05) is 21.8 Å². The third kappa shape index (κ3) is 3.16. The van der Waals surface area contributed by atoms with E-state index in [0.29, 0.717) is 22.0 Å². The maximum Gasteiger partial charge on any atom is 0.323 e. The molecule has 3 aromatic rings. The van der Waals surface area contributed by atoms with Crippen LogP contribution in [0.3, 0.4) is 0 Å². The molecule has 1 heterocycles. The summed E-state index contributed by atoms with van der Waals surface area (Å²) in [7, 11) is 1.55. The van der Waals surface area contributed by atoms with E-state index >= 15 is 0 Å². The van der Waals surface area contributed by atoms with Gasteiger partial charge in [0.2, 0.25) is 0 Å². The lowest BCUT2D eigenvalue weighted by Gasteiger charge is -2.09. The molecule has 0 bridgehead atoms. The van der Waals surface area contributed by atoms with Crippen LogP contribution in [0.15, 0.2) is 48.5 Å². The molecule has 0 saturated carbocycles. The van der Waals surface area contributed by atoms with E-state index in [9.17, 15) is 9.59 Å². The van der Waals surface area contributed by atoms with Crippen molar-refractivity contribution < 1.29 is 14.3 Å². The van der Waals surface area contributed by atoms with Crippen molar-refractivity contribution in [3.8, 4) is 5.75 Å². The lowest BCUT2D eigenvalue weighted by molar-refractivity contribution is 0.100. The molecule has 0 unspecified atom stereocenters. The monoisotopic (exact) mass is 341 g/mol. The highest BCUT2D eigenvalue weighted by Gasteiger charge is 2.18. The molecule has 0 radical (unpaired) electrons. The maximum absolute atomic E-state index is 12.3. The first-order valence-corrected chi connectivity index (χ1v) is 7.93. The number of carbonyl (C=O) groups excluding carboxylic acids is 2. The second-order valence-electron chi connectivity index (χ2n) is 4.98. The van der Waals surface area contributed by atoms with Gasteiger partial charge in [0.1, 0.15) is 10.6 Å². The van der Waals surface area contributed by atoms with Gasteiger partial charge < -0.3 is 21.1 Å². The molecule has 0 aliphatic rings. The van der Waals surface area contributed by atoms with E-state index in [1.54, 1.807) is 31.4 Å². The first-order valence-electron chi connectivity index (χ1n) is 7.12. The van der Waals surface area contributed by atoms with Crippen LogP contribution in [-0.2, 0) is 0 Å². The lowest BCUT2D eigenvalue weighted by Crippen LogP contribution is -2.21. The van der Waals surface area contributed by atoms with Gasteiger partial charge in [0.25, 0.3) is 5.91 Å². The number of nitrogens with one attached hydrogen (secondary N) is 2. The number of hydrogen-bond donors (Lipinski definition) is 3. The van der Waals surface area contributed by atoms with Crippen molar-refractivity contribution in [3.63, 3.8) is 0 Å². The molecule has 0 spiro atoms. The van der Waals surface area contributed by atoms with Gasteiger partial charge in [0.15, 0.2) is 0 Å². The number of hydrogen-bond acceptors (Lipinski definition) is 4. The Balaban J connectivity index is 1.87. The van der Waals surface area contributed by atoms with E-state index in [0.717, 1.165) is 10.1 Å². The van der Waals surface area contributed by atoms with E-state index in [-0.39, 0.29) is 0 Å². The van der Waals surface area contributed by atoms with Crippen molar-refractivity contribution in [1.29, 1.82) is 0 Å². The van der Waals surface area contributed by atoms with E-state index in [1.807, 2.05) is 24.3 Å². The first kappa shape index (κ1) is 15.8. The van der Waals surface area contributed by atoms with E-state index in [4.69, 9.17) is 10.5 Å². The number of amides is 3. The van der Waals surface area contributed by atoms with Crippen molar-refractivity contribution in [2.75, 3.05) is 17.7 Å². The molecule has 0 aliphatic heterocycles. The van der Waals surface area contributed by atoms with Gasteiger partial charge in [-0.15, -0.1) is 11.3 Å². The normalized spacial score (nSPS) is 10.4. The average Bonchev–Trinajstić information content (AvgIpc) is 2.94. The van der Waals surface area contributed by atoms with Gasteiger partial charge in [0.05, 0.1) is 12.8 Å². The molecular formula is C17H15N3O3S. The van der Waals surface area contributed by atoms with Crippen LogP contribution in [0, 0.1) is 0 Å². The number of thiophene rings is 1. The van der Waals surface area contributed by atoms with Gasteiger partial charge in [-0.3, -0.25) is 4.79 Å². The van der Waals surface area contributed by atoms with Crippen LogP contribution in [0.4, 0.5) is 16.2 Å². The summed E-state index contributed by atoms with van der Waals surface area (Å²) >= 11 is 1.25. The van der Waals surface area contributed by atoms with E-state index in [1.165, 1.54) is 11.3 Å². The van der Waals surface area contributed by atoms with Crippen LogP contribution in [0.1, 0.15) is 9.67 Å². The summed E-state index contributed by atoms with van der Waals surface area (Å²) in [6.45, 7) is 0. The van der Waals surface area contributed by atoms with Crippen molar-refractivity contribution in [2.45, 2.75) is 0 Å². The number of fused-ring (bicyclic) bond motifs is 1. The van der Waals surface area contributed by atoms with Crippen molar-refractivity contribution >= 4 is 44.7 Å². The maximum atomic E-state index is 12.3. The summed E-state index contributed by atoms with van der Waals surface area (Å²) in [5.41, 5.74) is 6.42. The lowest BCUT2D eigenvalue weighted by atomic mass is 10.2. The Bertz CT molecular complexity index is 920. The van der Waals surface area contributed by atoms with Crippen molar-refractivity contribution in [1.82, 2.24) is 0 Å². The summed E-state index contributed by atoms with van der Waals surface area (Å²) in [6.07, 6.45) is 0. The molecule has 7 heteroatoms. The number of methoxy groups -OCH3 is 1. The Kier molecular flexibility index (Phi) is 4.35. The standard InChI is InChI=1S/C17H15N3O3S/c1-23-11-6-4-5-10(9-11)19-17(22)20-14-12-7-2-3-8-13(12)24-15(14)16(18)21/h2-9H,1H3,(H2,18,21)(H2,19,20,22). The summed E-state index contributed by atoms with van der Waals surface area (Å²) in [5.74, 6) is 0.0551. The smallest absolute Gasteiger partial charge is 0.323 e. The average molecular weight is 341 g/mol. The van der Waals surface area contributed by atoms with Gasteiger partial charge in [-0.25, -0.2) is 4.79 Å². The van der Waals surface area contributed by atoms with Crippen LogP contribution in [0.2, 0.25) is 0 Å². The molecule has 4 N–H and O–H groups in total. The molecule has 0 fully saturated rings. The SMILES string of the molecule is COc1cccc(NC(=O)Nc2c(C(N)=O)sc3ccccc23)c1. The van der Waals surface area contributed by atoms with Crippen LogP contribution in [0.5, 0.6) is 5.75 Å². The molecule has 0 aliphatic carbocycles. The van der Waals surface area contributed by atoms with E-state index < -0.39 is 11.9 Å². The zero-order chi connectivity index (χ0) is 17.1. The molecular weight excluding hydrogens is 326 g/mol. The Hall–Kier alpha value is -3.06. The number of anilines is 2. The van der Waals surface area contributed by atoms with Crippen molar-refractivity contribution in [2.24, 2.45) is 5.73 Å². The molecule has 3 rings (SSSR count). The Morgan fingerprint density at radius 3 is 2.62 bits per heavy atom. The molecule has 3 amide bonds. The minimum absolute atomic E-state index is 0.317. The van der Waals surface area contributed by atoms with Gasteiger partial charge in [-0.1, -0.05) is 24.3 Å². The zero-order valence-corrected chi connectivity index (χ0v) is 13.6. The minimum atomic E-state index is -0.576. The number of rotatable bonds is 4. The van der Waals surface area contributed by atoms with Gasteiger partial charge in [-0.05, 0) is 18.2 Å². The van der Waals surface area contributed by atoms with Crippen LogP contribution in [0.25, 0.3) is 10.1 Å². The highest BCUT2D eigenvalue weighted by molar-refractivity contribution is 7.21. The number of urea groups is 1. The van der Waals surface area contributed by atoms with Crippen LogP contribution in [-0.4, -0.2) is 19.0 Å². The fourth-order valence-corrected chi connectivity index (χ4v) is 3.33. The number of primary amides is 1. The quantitative estimate of drug-likeness (QED) is 0.676. The third-order valence-electron chi connectivity index (χ3n) is 3.39. The van der Waals surface area contributed by atoms with Crippen LogP contribution >= 0.6 is 11.3 Å². The first-order chi connectivity index (χ1) is 11.6. The molecule has 6 nitrogen and oxygen atoms in total. The largest absolute Gasteiger partial charge is 0.497 e. The van der Waals surface area contributed by atoms with Gasteiger partial charge >= 0.3 is 6.03 Å². The second kappa shape index (κ2) is 6.59. The highest BCUT2D eigenvalue weighted by Crippen LogP contribution is 2.35. The predicted molar refractivity (Wildman–Crippen MR) is 96.0 cm³/mol. The molecule has 24 heavy (non-hydrogen) atoms. The number of carbonyl (C=O) groups is 2. The third-order valence-corrected chi connectivity index (χ3v) is 4.57. The number of nitrogens with two attached hydrogens (primary N) is 1. The molecule has 2 aromatic carbocycles. The number of ether oxygens (including phenoxy) is 1. The Morgan fingerprint density at radius 1 is 1.08 bits per heavy atom.